The third-order valence-electron chi connectivity index (χ3n) is 3.75. The molecule has 0 saturated carbocycles. The normalized spacial score (nSPS) is 10.7. The van der Waals surface area contributed by atoms with E-state index in [0.717, 1.165) is 11.1 Å². The van der Waals surface area contributed by atoms with Gasteiger partial charge in [-0.2, -0.15) is 0 Å². The number of aromatic hydroxyl groups is 2. The van der Waals surface area contributed by atoms with Crippen LogP contribution in [-0.2, 0) is 0 Å². The maximum absolute atomic E-state index is 9.96. The van der Waals surface area contributed by atoms with Crippen LogP contribution in [0.4, 0.5) is 0 Å². The highest BCUT2D eigenvalue weighted by Gasteiger charge is 2.12. The van der Waals surface area contributed by atoms with Crippen LogP contribution in [0.1, 0.15) is 22.3 Å². The maximum atomic E-state index is 9.96. The van der Waals surface area contributed by atoms with Crippen molar-refractivity contribution < 1.29 is 10.2 Å². The molecule has 2 aromatic rings. The Bertz CT molecular complexity index is 613. The van der Waals surface area contributed by atoms with Crippen molar-refractivity contribution in [3.8, 4) is 22.6 Å². The van der Waals surface area contributed by atoms with E-state index < -0.39 is 0 Å². The van der Waals surface area contributed by atoms with Gasteiger partial charge in [0.1, 0.15) is 11.5 Å². The molecular formula is C16H18O2. The highest BCUT2D eigenvalue weighted by atomic mass is 16.3. The van der Waals surface area contributed by atoms with Crippen molar-refractivity contribution >= 4 is 0 Å². The Hall–Kier alpha value is -1.96. The van der Waals surface area contributed by atoms with Crippen molar-refractivity contribution in [3.63, 3.8) is 0 Å². The molecule has 0 bridgehead atoms. The van der Waals surface area contributed by atoms with Crippen LogP contribution in [0.2, 0.25) is 0 Å². The Morgan fingerprint density at radius 1 is 0.722 bits per heavy atom. The zero-order valence-corrected chi connectivity index (χ0v) is 11.2. The number of rotatable bonds is 1. The summed E-state index contributed by atoms with van der Waals surface area (Å²) in [5.74, 6) is 0.190. The fourth-order valence-electron chi connectivity index (χ4n) is 2.24. The molecule has 0 unspecified atom stereocenters. The van der Waals surface area contributed by atoms with Crippen molar-refractivity contribution in [2.24, 2.45) is 0 Å². The summed E-state index contributed by atoms with van der Waals surface area (Å²) in [5, 5.41) is 19.3. The molecule has 18 heavy (non-hydrogen) atoms. The minimum absolute atomic E-state index is 0.0782. The Balaban J connectivity index is 2.72. The molecule has 0 aliphatic rings. The topological polar surface area (TPSA) is 40.5 Å². The number of hydrogen-bond donors (Lipinski definition) is 2. The molecule has 0 amide bonds. The summed E-state index contributed by atoms with van der Waals surface area (Å²) in [5.41, 5.74) is 6.69. The first-order chi connectivity index (χ1) is 8.41. The van der Waals surface area contributed by atoms with Crippen molar-refractivity contribution in [1.82, 2.24) is 0 Å². The second kappa shape index (κ2) is 4.37. The van der Waals surface area contributed by atoms with Crippen molar-refractivity contribution in [2.45, 2.75) is 27.7 Å². The molecule has 94 valence electrons. The molecule has 0 atom stereocenters. The fourth-order valence-corrected chi connectivity index (χ4v) is 2.24. The Morgan fingerprint density at radius 2 is 1.39 bits per heavy atom. The monoisotopic (exact) mass is 242 g/mol. The van der Waals surface area contributed by atoms with Gasteiger partial charge in [-0.15, -0.1) is 0 Å². The number of aryl methyl sites for hydroxylation is 1. The van der Waals surface area contributed by atoms with E-state index in [9.17, 15) is 10.2 Å². The van der Waals surface area contributed by atoms with Gasteiger partial charge in [0.25, 0.3) is 0 Å². The summed E-state index contributed by atoms with van der Waals surface area (Å²) < 4.78 is 0. The minimum atomic E-state index is 0.0782. The Labute approximate surface area is 108 Å². The average Bonchev–Trinajstić information content (AvgIpc) is 2.32. The molecule has 0 saturated heterocycles. The molecule has 2 aromatic carbocycles. The SMILES string of the molecule is Cc1cc(-c2ccc(O)cc2O)c(C)c(C)c1C. The Morgan fingerprint density at radius 3 is 2.00 bits per heavy atom. The minimum Gasteiger partial charge on any atom is -0.508 e. The smallest absolute Gasteiger partial charge is 0.127 e. The standard InChI is InChI=1S/C16H18O2/c1-9-7-15(12(4)11(3)10(9)2)14-6-5-13(17)8-16(14)18/h5-8,17-18H,1-4H3. The first kappa shape index (κ1) is 12.5. The second-order valence-electron chi connectivity index (χ2n) is 4.82. The van der Waals surface area contributed by atoms with E-state index >= 15 is 0 Å². The summed E-state index contributed by atoms with van der Waals surface area (Å²) in [6, 6.07) is 6.81. The van der Waals surface area contributed by atoms with E-state index in [4.69, 9.17) is 0 Å². The lowest BCUT2D eigenvalue weighted by Gasteiger charge is -2.15. The van der Waals surface area contributed by atoms with Crippen molar-refractivity contribution in [3.05, 3.63) is 46.5 Å². The molecule has 2 rings (SSSR count). The lowest BCUT2D eigenvalue weighted by atomic mass is 9.90. The average molecular weight is 242 g/mol. The molecule has 0 heterocycles. The highest BCUT2D eigenvalue weighted by molar-refractivity contribution is 5.76. The quantitative estimate of drug-likeness (QED) is 0.793. The van der Waals surface area contributed by atoms with Gasteiger partial charge < -0.3 is 10.2 Å². The van der Waals surface area contributed by atoms with Crippen LogP contribution in [0.25, 0.3) is 11.1 Å². The molecular weight excluding hydrogens is 224 g/mol. The van der Waals surface area contributed by atoms with E-state index in [0.29, 0.717) is 0 Å². The number of phenols is 2. The second-order valence-corrected chi connectivity index (χ2v) is 4.82. The van der Waals surface area contributed by atoms with Crippen LogP contribution >= 0.6 is 0 Å². The molecule has 0 aromatic heterocycles. The summed E-state index contributed by atoms with van der Waals surface area (Å²) in [4.78, 5) is 0. The molecule has 2 N–H and O–H groups in total. The van der Waals surface area contributed by atoms with Gasteiger partial charge in [-0.05, 0) is 67.6 Å². The van der Waals surface area contributed by atoms with Gasteiger partial charge in [0.2, 0.25) is 0 Å². The van der Waals surface area contributed by atoms with Gasteiger partial charge in [-0.3, -0.25) is 0 Å². The van der Waals surface area contributed by atoms with Crippen LogP contribution in [0.5, 0.6) is 11.5 Å². The molecule has 0 spiro atoms. The van der Waals surface area contributed by atoms with Crippen LogP contribution in [0.15, 0.2) is 24.3 Å². The summed E-state index contributed by atoms with van der Waals surface area (Å²) in [6.07, 6.45) is 0. The van der Waals surface area contributed by atoms with Crippen molar-refractivity contribution in [1.29, 1.82) is 0 Å². The third kappa shape index (κ3) is 1.94. The number of hydrogen-bond acceptors (Lipinski definition) is 2. The van der Waals surface area contributed by atoms with Gasteiger partial charge in [0.15, 0.2) is 0 Å². The third-order valence-corrected chi connectivity index (χ3v) is 3.75. The first-order valence-electron chi connectivity index (χ1n) is 6.01. The summed E-state index contributed by atoms with van der Waals surface area (Å²) in [7, 11) is 0. The van der Waals surface area contributed by atoms with Crippen LogP contribution in [0.3, 0.4) is 0 Å². The van der Waals surface area contributed by atoms with E-state index in [1.807, 2.05) is 0 Å². The van der Waals surface area contributed by atoms with E-state index in [1.165, 1.54) is 28.3 Å². The molecule has 0 aliphatic heterocycles. The predicted molar refractivity (Wildman–Crippen MR) is 74.2 cm³/mol. The number of phenolic OH excluding ortho intramolecular Hbond substituents is 2. The molecule has 0 aliphatic carbocycles. The first-order valence-corrected chi connectivity index (χ1v) is 6.01. The van der Waals surface area contributed by atoms with Crippen LogP contribution in [0, 0.1) is 27.7 Å². The van der Waals surface area contributed by atoms with E-state index in [1.54, 1.807) is 12.1 Å². The Kier molecular flexibility index (Phi) is 3.04. The van der Waals surface area contributed by atoms with Gasteiger partial charge >= 0.3 is 0 Å². The molecule has 2 nitrogen and oxygen atoms in total. The van der Waals surface area contributed by atoms with Gasteiger partial charge in [-0.25, -0.2) is 0 Å². The van der Waals surface area contributed by atoms with Gasteiger partial charge in [0.05, 0.1) is 0 Å². The molecule has 0 fully saturated rings. The summed E-state index contributed by atoms with van der Waals surface area (Å²) >= 11 is 0. The van der Waals surface area contributed by atoms with E-state index in [-0.39, 0.29) is 11.5 Å². The van der Waals surface area contributed by atoms with Gasteiger partial charge in [0, 0.05) is 11.6 Å². The van der Waals surface area contributed by atoms with Crippen molar-refractivity contribution in [2.75, 3.05) is 0 Å². The molecule has 0 radical (unpaired) electrons. The van der Waals surface area contributed by atoms with Gasteiger partial charge in [-0.1, -0.05) is 6.07 Å². The zero-order chi connectivity index (χ0) is 13.4. The highest BCUT2D eigenvalue weighted by Crippen LogP contribution is 2.36. The van der Waals surface area contributed by atoms with E-state index in [2.05, 4.69) is 33.8 Å². The molecule has 2 heteroatoms. The van der Waals surface area contributed by atoms with Crippen LogP contribution < -0.4 is 0 Å². The lowest BCUT2D eigenvalue weighted by Crippen LogP contribution is -1.94. The fraction of sp³-hybridized carbons (Fsp3) is 0.250. The maximum Gasteiger partial charge on any atom is 0.127 e. The zero-order valence-electron chi connectivity index (χ0n) is 11.2. The number of benzene rings is 2. The summed E-state index contributed by atoms with van der Waals surface area (Å²) in [6.45, 7) is 8.34. The largest absolute Gasteiger partial charge is 0.508 e. The lowest BCUT2D eigenvalue weighted by molar-refractivity contribution is 0.452. The van der Waals surface area contributed by atoms with Crippen LogP contribution in [-0.4, -0.2) is 10.2 Å². The predicted octanol–water partition coefficient (Wildman–Crippen LogP) is 4.00.